The summed E-state index contributed by atoms with van der Waals surface area (Å²) in [5.41, 5.74) is 6.25. The summed E-state index contributed by atoms with van der Waals surface area (Å²) in [5, 5.41) is 4.37. The molecule has 2 rings (SSSR count). The molecule has 0 aliphatic heterocycles. The molecule has 0 unspecified atom stereocenters. The maximum atomic E-state index is 6.08. The average Bonchev–Trinajstić information content (AvgIpc) is 2.79. The second-order valence-electron chi connectivity index (χ2n) is 4.38. The summed E-state index contributed by atoms with van der Waals surface area (Å²) in [4.78, 5) is 4.29. The molecule has 0 aliphatic carbocycles. The number of methoxy groups -OCH3 is 1. The standard InChI is InChI=1S/C12H14ClN3O2/c1-12(2,17-3)11-15-10(18-16-11)8-5-4-7(14)6-9(8)13/h4-6H,14H2,1-3H3. The Labute approximate surface area is 110 Å². The monoisotopic (exact) mass is 267 g/mol. The average molecular weight is 268 g/mol. The van der Waals surface area contributed by atoms with E-state index < -0.39 is 5.60 Å². The van der Waals surface area contributed by atoms with Gasteiger partial charge in [0.25, 0.3) is 5.89 Å². The molecule has 1 aromatic heterocycles. The zero-order valence-electron chi connectivity index (χ0n) is 10.4. The van der Waals surface area contributed by atoms with Gasteiger partial charge in [0.2, 0.25) is 5.82 Å². The predicted octanol–water partition coefficient (Wildman–Crippen LogP) is 2.85. The van der Waals surface area contributed by atoms with E-state index in [1.165, 1.54) is 0 Å². The van der Waals surface area contributed by atoms with Crippen molar-refractivity contribution in [3.05, 3.63) is 29.0 Å². The van der Waals surface area contributed by atoms with Gasteiger partial charge in [0, 0.05) is 12.8 Å². The van der Waals surface area contributed by atoms with Gasteiger partial charge in [0.15, 0.2) is 0 Å². The number of anilines is 1. The molecule has 6 heteroatoms. The van der Waals surface area contributed by atoms with E-state index in [9.17, 15) is 0 Å². The van der Waals surface area contributed by atoms with Gasteiger partial charge in [-0.2, -0.15) is 4.98 Å². The van der Waals surface area contributed by atoms with Crippen LogP contribution in [-0.4, -0.2) is 17.3 Å². The first-order valence-electron chi connectivity index (χ1n) is 5.39. The highest BCUT2D eigenvalue weighted by Crippen LogP contribution is 2.30. The SMILES string of the molecule is COC(C)(C)c1noc(-c2ccc(N)cc2Cl)n1. The van der Waals surface area contributed by atoms with Crippen LogP contribution in [0.3, 0.4) is 0 Å². The molecular formula is C12H14ClN3O2. The fourth-order valence-electron chi connectivity index (χ4n) is 1.37. The van der Waals surface area contributed by atoms with Crippen LogP contribution in [-0.2, 0) is 10.3 Å². The molecule has 5 nitrogen and oxygen atoms in total. The van der Waals surface area contributed by atoms with E-state index in [1.54, 1.807) is 25.3 Å². The normalized spacial score (nSPS) is 11.8. The maximum absolute atomic E-state index is 6.08. The van der Waals surface area contributed by atoms with Gasteiger partial charge in [-0.1, -0.05) is 16.8 Å². The van der Waals surface area contributed by atoms with Gasteiger partial charge in [0.1, 0.15) is 5.60 Å². The summed E-state index contributed by atoms with van der Waals surface area (Å²) in [5.74, 6) is 0.813. The topological polar surface area (TPSA) is 74.2 Å². The van der Waals surface area contributed by atoms with Gasteiger partial charge in [0.05, 0.1) is 10.6 Å². The highest BCUT2D eigenvalue weighted by atomic mass is 35.5. The minimum Gasteiger partial charge on any atom is -0.399 e. The van der Waals surface area contributed by atoms with Gasteiger partial charge >= 0.3 is 0 Å². The van der Waals surface area contributed by atoms with Gasteiger partial charge in [-0.15, -0.1) is 0 Å². The molecule has 0 fully saturated rings. The van der Waals surface area contributed by atoms with Crippen molar-refractivity contribution in [1.82, 2.24) is 10.1 Å². The van der Waals surface area contributed by atoms with E-state index in [1.807, 2.05) is 13.8 Å². The second-order valence-corrected chi connectivity index (χ2v) is 4.78. The molecule has 0 radical (unpaired) electrons. The Kier molecular flexibility index (Phi) is 3.28. The highest BCUT2D eigenvalue weighted by Gasteiger charge is 2.26. The third-order valence-electron chi connectivity index (χ3n) is 2.70. The molecule has 2 N–H and O–H groups in total. The summed E-state index contributed by atoms with van der Waals surface area (Å²) in [6.07, 6.45) is 0. The number of nitrogen functional groups attached to an aromatic ring is 1. The van der Waals surface area contributed by atoms with Crippen LogP contribution in [0.2, 0.25) is 5.02 Å². The fraction of sp³-hybridized carbons (Fsp3) is 0.333. The molecule has 18 heavy (non-hydrogen) atoms. The Morgan fingerprint density at radius 1 is 1.39 bits per heavy atom. The van der Waals surface area contributed by atoms with Crippen molar-refractivity contribution in [2.75, 3.05) is 12.8 Å². The minimum atomic E-state index is -0.609. The number of ether oxygens (including phenoxy) is 1. The highest BCUT2D eigenvalue weighted by molar-refractivity contribution is 6.33. The summed E-state index contributed by atoms with van der Waals surface area (Å²) >= 11 is 6.08. The van der Waals surface area contributed by atoms with Crippen molar-refractivity contribution in [1.29, 1.82) is 0 Å². The van der Waals surface area contributed by atoms with Crippen LogP contribution < -0.4 is 5.73 Å². The van der Waals surface area contributed by atoms with Crippen LogP contribution in [0.15, 0.2) is 22.7 Å². The number of nitrogens with two attached hydrogens (primary N) is 1. The van der Waals surface area contributed by atoms with Crippen LogP contribution >= 0.6 is 11.6 Å². The number of benzene rings is 1. The molecule has 0 aliphatic rings. The van der Waals surface area contributed by atoms with Gasteiger partial charge in [-0.25, -0.2) is 0 Å². The Morgan fingerprint density at radius 2 is 2.11 bits per heavy atom. The summed E-state index contributed by atoms with van der Waals surface area (Å²) < 4.78 is 10.5. The van der Waals surface area contributed by atoms with Crippen molar-refractivity contribution < 1.29 is 9.26 Å². The molecule has 0 saturated carbocycles. The smallest absolute Gasteiger partial charge is 0.259 e. The van der Waals surface area contributed by atoms with E-state index >= 15 is 0 Å². The number of halogens is 1. The van der Waals surface area contributed by atoms with Crippen LogP contribution in [0, 0.1) is 0 Å². The molecular weight excluding hydrogens is 254 g/mol. The Morgan fingerprint density at radius 3 is 2.72 bits per heavy atom. The first-order valence-corrected chi connectivity index (χ1v) is 5.76. The van der Waals surface area contributed by atoms with Gasteiger partial charge < -0.3 is 15.0 Å². The quantitative estimate of drug-likeness (QED) is 0.866. The fourth-order valence-corrected chi connectivity index (χ4v) is 1.64. The molecule has 1 aromatic carbocycles. The Hall–Kier alpha value is -1.59. The van der Waals surface area contributed by atoms with Crippen LogP contribution in [0.5, 0.6) is 0 Å². The van der Waals surface area contributed by atoms with Crippen LogP contribution in [0.25, 0.3) is 11.5 Å². The third kappa shape index (κ3) is 2.32. The number of aromatic nitrogens is 2. The first-order chi connectivity index (χ1) is 8.44. The van der Waals surface area contributed by atoms with Crippen molar-refractivity contribution in [2.24, 2.45) is 0 Å². The van der Waals surface area contributed by atoms with E-state index in [4.69, 9.17) is 26.6 Å². The lowest BCUT2D eigenvalue weighted by molar-refractivity contribution is 0.00973. The predicted molar refractivity (Wildman–Crippen MR) is 69.2 cm³/mol. The van der Waals surface area contributed by atoms with Crippen molar-refractivity contribution in [2.45, 2.75) is 19.4 Å². The molecule has 0 amide bonds. The van der Waals surface area contributed by atoms with E-state index in [0.717, 1.165) is 0 Å². The number of hydrogen-bond acceptors (Lipinski definition) is 5. The minimum absolute atomic E-state index is 0.347. The largest absolute Gasteiger partial charge is 0.399 e. The summed E-state index contributed by atoms with van der Waals surface area (Å²) in [7, 11) is 1.59. The lowest BCUT2D eigenvalue weighted by Crippen LogP contribution is -2.21. The molecule has 0 bridgehead atoms. The van der Waals surface area contributed by atoms with E-state index in [2.05, 4.69) is 10.1 Å². The number of rotatable bonds is 3. The summed E-state index contributed by atoms with van der Waals surface area (Å²) in [6, 6.07) is 5.11. The zero-order valence-corrected chi connectivity index (χ0v) is 11.2. The molecule has 0 spiro atoms. The Balaban J connectivity index is 2.41. The molecule has 96 valence electrons. The lowest BCUT2D eigenvalue weighted by Gasteiger charge is -2.17. The number of nitrogens with zero attached hydrogens (tertiary/aromatic N) is 2. The van der Waals surface area contributed by atoms with Crippen molar-refractivity contribution >= 4 is 17.3 Å². The van der Waals surface area contributed by atoms with Crippen molar-refractivity contribution in [3.63, 3.8) is 0 Å². The molecule has 0 atom stereocenters. The second kappa shape index (κ2) is 4.59. The van der Waals surface area contributed by atoms with Crippen molar-refractivity contribution in [3.8, 4) is 11.5 Å². The van der Waals surface area contributed by atoms with E-state index in [0.29, 0.717) is 28.0 Å². The maximum Gasteiger partial charge on any atom is 0.259 e. The first kappa shape index (κ1) is 12.9. The molecule has 2 aromatic rings. The van der Waals surface area contributed by atoms with Gasteiger partial charge in [-0.05, 0) is 32.0 Å². The van der Waals surface area contributed by atoms with Gasteiger partial charge in [-0.3, -0.25) is 0 Å². The summed E-state index contributed by atoms with van der Waals surface area (Å²) in [6.45, 7) is 3.71. The lowest BCUT2D eigenvalue weighted by atomic mass is 10.1. The van der Waals surface area contributed by atoms with Crippen LogP contribution in [0.4, 0.5) is 5.69 Å². The number of hydrogen-bond donors (Lipinski definition) is 1. The molecule has 0 saturated heterocycles. The third-order valence-corrected chi connectivity index (χ3v) is 3.01. The van der Waals surface area contributed by atoms with Crippen LogP contribution in [0.1, 0.15) is 19.7 Å². The zero-order chi connectivity index (χ0) is 13.3. The van der Waals surface area contributed by atoms with E-state index in [-0.39, 0.29) is 0 Å². The molecule has 1 heterocycles. The Bertz CT molecular complexity index is 566.